The van der Waals surface area contributed by atoms with Gasteiger partial charge < -0.3 is 24.9 Å². The van der Waals surface area contributed by atoms with E-state index in [0.29, 0.717) is 60.9 Å². The number of Topliss-reactive ketones (excluding diaryl/α,β-unsaturated/α-hetero) is 4. The van der Waals surface area contributed by atoms with E-state index in [0.717, 1.165) is 29.0 Å². The summed E-state index contributed by atoms with van der Waals surface area (Å²) < 4.78 is 0. The topological polar surface area (TPSA) is 169 Å². The highest BCUT2D eigenvalue weighted by atomic mass is 16.2. The average molecular weight is 1020 g/mol. The molecule has 2 aliphatic rings. The Morgan fingerprint density at radius 1 is 0.400 bits per heavy atom. The molecule has 75 heavy (non-hydrogen) atoms. The van der Waals surface area contributed by atoms with Gasteiger partial charge in [-0.1, -0.05) is 193 Å². The maximum absolute atomic E-state index is 12.1. The number of rotatable bonds is 11. The second-order valence-corrected chi connectivity index (χ2v) is 16.2. The Hall–Kier alpha value is -8.02. The van der Waals surface area contributed by atoms with Gasteiger partial charge in [-0.25, -0.2) is 4.90 Å². The van der Waals surface area contributed by atoms with Gasteiger partial charge in [0.1, 0.15) is 23.1 Å². The van der Waals surface area contributed by atoms with Crippen molar-refractivity contribution in [3.05, 3.63) is 221 Å². The van der Waals surface area contributed by atoms with E-state index in [-0.39, 0.29) is 46.8 Å². The van der Waals surface area contributed by atoms with E-state index >= 15 is 0 Å². The number of carbonyl (C=O) groups excluding carboxylic acids is 8. The van der Waals surface area contributed by atoms with Crippen LogP contribution in [0.3, 0.4) is 0 Å². The van der Waals surface area contributed by atoms with E-state index in [1.165, 1.54) is 16.7 Å². The lowest BCUT2D eigenvalue weighted by atomic mass is 10.1. The zero-order valence-electron chi connectivity index (χ0n) is 45.8. The summed E-state index contributed by atoms with van der Waals surface area (Å²) in [5.41, 5.74) is 10.7. The van der Waals surface area contributed by atoms with Crippen molar-refractivity contribution in [1.29, 1.82) is 0 Å². The summed E-state index contributed by atoms with van der Waals surface area (Å²) in [5.74, 6) is 0.110. The monoisotopic (exact) mass is 1020 g/mol. The van der Waals surface area contributed by atoms with Crippen LogP contribution in [0.15, 0.2) is 182 Å². The van der Waals surface area contributed by atoms with Crippen LogP contribution in [0.4, 0.5) is 0 Å². The van der Waals surface area contributed by atoms with Gasteiger partial charge in [0.05, 0.1) is 22.3 Å². The van der Waals surface area contributed by atoms with Crippen LogP contribution in [-0.4, -0.2) is 69.7 Å². The molecule has 2 N–H and O–H groups in total. The molecule has 0 atom stereocenters. The number of nitrogens with zero attached hydrogens (tertiary/aromatic N) is 2. The quantitative estimate of drug-likeness (QED) is 0.124. The maximum atomic E-state index is 12.1. The van der Waals surface area contributed by atoms with Crippen LogP contribution < -0.4 is 5.73 Å². The third-order valence-electron chi connectivity index (χ3n) is 10.3. The Bertz CT molecular complexity index is 2460. The first-order valence-electron chi connectivity index (χ1n) is 25.5. The fourth-order valence-corrected chi connectivity index (χ4v) is 5.59. The molecule has 0 radical (unpaired) electrons. The number of amides is 4. The fraction of sp³-hybridized carbons (Fsp3) is 0.281. The Labute approximate surface area is 446 Å². The average Bonchev–Trinajstić information content (AvgIpc) is 3.84. The number of fused-ring (bicyclic) bond motifs is 2. The zero-order valence-corrected chi connectivity index (χ0v) is 45.8. The van der Waals surface area contributed by atoms with E-state index in [1.54, 1.807) is 82.3 Å². The molecule has 0 spiro atoms. The van der Waals surface area contributed by atoms with Crippen LogP contribution >= 0.6 is 0 Å². The van der Waals surface area contributed by atoms with Gasteiger partial charge in [-0.05, 0) is 94.1 Å². The van der Waals surface area contributed by atoms with Crippen LogP contribution in [0.2, 0.25) is 0 Å². The molecule has 4 amide bonds. The highest BCUT2D eigenvalue weighted by molar-refractivity contribution is 6.22. The van der Waals surface area contributed by atoms with Crippen LogP contribution in [-0.2, 0) is 32.0 Å². The van der Waals surface area contributed by atoms with Crippen LogP contribution in [0.25, 0.3) is 6.08 Å². The lowest BCUT2D eigenvalue weighted by Gasteiger charge is -2.13. The number of hydrogen-bond donors (Lipinski definition) is 1. The third-order valence-corrected chi connectivity index (χ3v) is 10.3. The van der Waals surface area contributed by atoms with E-state index in [1.807, 2.05) is 157 Å². The minimum Gasteiger partial charge on any atom is -0.330 e. The second-order valence-electron chi connectivity index (χ2n) is 16.2. The van der Waals surface area contributed by atoms with Crippen molar-refractivity contribution < 1.29 is 38.4 Å². The van der Waals surface area contributed by atoms with Crippen molar-refractivity contribution in [2.45, 2.75) is 108 Å². The van der Waals surface area contributed by atoms with Gasteiger partial charge in [-0.15, -0.1) is 0 Å². The summed E-state index contributed by atoms with van der Waals surface area (Å²) in [7, 11) is 0. The van der Waals surface area contributed by atoms with Gasteiger partial charge in [-0.2, -0.15) is 0 Å². The maximum Gasteiger partial charge on any atom is 0.265 e. The zero-order chi connectivity index (χ0) is 56.4. The van der Waals surface area contributed by atoms with Crippen molar-refractivity contribution in [1.82, 2.24) is 9.80 Å². The molecule has 11 nitrogen and oxygen atoms in total. The van der Waals surface area contributed by atoms with Crippen molar-refractivity contribution >= 4 is 52.8 Å². The van der Waals surface area contributed by atoms with E-state index in [2.05, 4.69) is 12.1 Å². The molecule has 2 heterocycles. The first-order chi connectivity index (χ1) is 36.1. The molecule has 6 aromatic rings. The van der Waals surface area contributed by atoms with Gasteiger partial charge in [0.25, 0.3) is 23.6 Å². The van der Waals surface area contributed by atoms with Crippen molar-refractivity contribution in [3.63, 3.8) is 0 Å². The van der Waals surface area contributed by atoms with Crippen LogP contribution in [0.5, 0.6) is 0 Å². The van der Waals surface area contributed by atoms with Gasteiger partial charge in [0.15, 0.2) is 0 Å². The highest BCUT2D eigenvalue weighted by Gasteiger charge is 2.35. The smallest absolute Gasteiger partial charge is 0.265 e. The molecule has 6 aromatic carbocycles. The fourth-order valence-electron chi connectivity index (χ4n) is 5.59. The largest absolute Gasteiger partial charge is 0.330 e. The predicted octanol–water partition coefficient (Wildman–Crippen LogP) is 13.3. The molecule has 0 fully saturated rings. The van der Waals surface area contributed by atoms with Crippen LogP contribution in [0.1, 0.15) is 153 Å². The summed E-state index contributed by atoms with van der Waals surface area (Å²) in [6.45, 7) is 18.9. The Morgan fingerprint density at radius 2 is 0.653 bits per heavy atom. The van der Waals surface area contributed by atoms with Crippen molar-refractivity contribution in [3.8, 4) is 0 Å². The first-order valence-corrected chi connectivity index (χ1v) is 25.5. The molecule has 0 bridgehead atoms. The number of ketones is 4. The summed E-state index contributed by atoms with van der Waals surface area (Å²) >= 11 is 0. The first kappa shape index (κ1) is 67.0. The second kappa shape index (κ2) is 41.5. The highest BCUT2D eigenvalue weighted by Crippen LogP contribution is 2.24. The van der Waals surface area contributed by atoms with Gasteiger partial charge in [-0.3, -0.25) is 24.1 Å². The molecule has 0 aliphatic carbocycles. The number of imide groups is 2. The molecule has 0 saturated heterocycles. The molecule has 0 aromatic heterocycles. The summed E-state index contributed by atoms with van der Waals surface area (Å²) in [5, 5.41) is 0. The molecular formula is C64H79N3O8. The molecule has 398 valence electrons. The van der Waals surface area contributed by atoms with Crippen molar-refractivity contribution in [2.75, 3.05) is 13.1 Å². The summed E-state index contributed by atoms with van der Waals surface area (Å²) in [6.07, 6.45) is 7.62. The molecule has 11 heteroatoms. The number of benzene rings is 6. The van der Waals surface area contributed by atoms with Gasteiger partial charge in [0.2, 0.25) is 0 Å². The lowest BCUT2D eigenvalue weighted by Crippen LogP contribution is -2.31. The number of carbonyl (C=O) groups is 8. The van der Waals surface area contributed by atoms with E-state index in [4.69, 9.17) is 5.73 Å². The van der Waals surface area contributed by atoms with Crippen molar-refractivity contribution in [2.24, 2.45) is 5.73 Å². The van der Waals surface area contributed by atoms with Gasteiger partial charge >= 0.3 is 0 Å². The van der Waals surface area contributed by atoms with Gasteiger partial charge in [0, 0.05) is 38.4 Å². The Morgan fingerprint density at radius 3 is 0.947 bits per heavy atom. The number of nitrogens with two attached hydrogens (primary N) is 1. The minimum atomic E-state index is -0.271. The molecule has 2 aliphatic heterocycles. The third kappa shape index (κ3) is 28.7. The van der Waals surface area contributed by atoms with E-state index < -0.39 is 0 Å². The standard InChI is InChI=1S/C16H13NO2.C16H11NO2.C8H11N.C6H6.4C4H8O.C2H6/c2*18-15-13-8-4-5-9-14(13)16(19)17(15)11-10-12-6-2-1-3-7-12;9-7-6-8-4-2-1-3-5-8;1-2-4-6-5-3-1;4*1-3-4(2)5;1-2/h1-9H,10-11H2;1-11H;1-5H,6-7,9H2;1-6H;4*3H2,1-2H3;1-2H3/b;11-10+;;;;;;;. The summed E-state index contributed by atoms with van der Waals surface area (Å²) in [6, 6.07) is 55.5. The Kier molecular flexibility index (Phi) is 37.0. The molecule has 0 saturated carbocycles. The molecule has 8 rings (SSSR count). The lowest BCUT2D eigenvalue weighted by molar-refractivity contribution is -0.117. The molecular weight excluding hydrogens is 939 g/mol. The predicted molar refractivity (Wildman–Crippen MR) is 305 cm³/mol. The van der Waals surface area contributed by atoms with E-state index in [9.17, 15) is 38.4 Å². The summed E-state index contributed by atoms with van der Waals surface area (Å²) in [4.78, 5) is 90.2. The molecule has 0 unspecified atom stereocenters. The van der Waals surface area contributed by atoms with Crippen LogP contribution in [0, 0.1) is 0 Å². The SMILES string of the molecule is CC.CCC(C)=O.CCC(C)=O.CCC(C)=O.CCC(C)=O.NCCc1ccccc1.O=C1c2ccccc2C(=O)N1/C=C/c1ccccc1.O=C1c2ccccc2C(=O)N1CCc1ccccc1.c1ccccc1. The Balaban J connectivity index is 0.000000900. The normalized spacial score (nSPS) is 11.0. The minimum absolute atomic E-state index is 0.184. The number of hydrogen-bond acceptors (Lipinski definition) is 9.